The number of halogens is 2. The SMILES string of the molecule is Cc1nn(Cc2c(Cl)cccc2Cl)c(C)c1NC(=O)/C=C\c1cnn(C)c1. The fraction of sp³-hybridized carbons (Fsp3) is 0.211. The van der Waals surface area contributed by atoms with E-state index in [0.29, 0.717) is 22.3 Å². The standard InChI is InChI=1S/C19H19Cl2N5O/c1-12-19(23-18(27)8-7-14-9-22-25(3)10-14)13(2)26(24-12)11-15-16(20)5-4-6-17(15)21/h4-10H,11H2,1-3H3,(H,23,27)/b8-7-. The Labute approximate surface area is 167 Å². The van der Waals surface area contributed by atoms with Crippen LogP contribution in [0.1, 0.15) is 22.5 Å². The summed E-state index contributed by atoms with van der Waals surface area (Å²) in [6.07, 6.45) is 6.69. The van der Waals surface area contributed by atoms with Gasteiger partial charge < -0.3 is 5.32 Å². The van der Waals surface area contributed by atoms with Crippen molar-refractivity contribution in [2.45, 2.75) is 20.4 Å². The highest BCUT2D eigenvalue weighted by molar-refractivity contribution is 6.35. The average molecular weight is 404 g/mol. The maximum absolute atomic E-state index is 12.3. The third kappa shape index (κ3) is 4.40. The van der Waals surface area contributed by atoms with Crippen LogP contribution in [0.4, 0.5) is 5.69 Å². The second-order valence-electron chi connectivity index (χ2n) is 6.17. The van der Waals surface area contributed by atoms with Gasteiger partial charge in [-0.1, -0.05) is 29.3 Å². The van der Waals surface area contributed by atoms with Crippen molar-refractivity contribution in [3.63, 3.8) is 0 Å². The van der Waals surface area contributed by atoms with E-state index in [9.17, 15) is 4.79 Å². The molecule has 0 saturated carbocycles. The number of hydrogen-bond acceptors (Lipinski definition) is 3. The molecule has 0 aliphatic heterocycles. The lowest BCUT2D eigenvalue weighted by Gasteiger charge is -2.09. The molecule has 1 N–H and O–H groups in total. The number of hydrogen-bond donors (Lipinski definition) is 1. The molecule has 0 aliphatic carbocycles. The summed E-state index contributed by atoms with van der Waals surface area (Å²) in [4.78, 5) is 12.3. The molecular formula is C19H19Cl2N5O. The van der Waals surface area contributed by atoms with Crippen LogP contribution < -0.4 is 5.32 Å². The quantitative estimate of drug-likeness (QED) is 0.647. The molecule has 3 rings (SSSR count). The van der Waals surface area contributed by atoms with Crippen LogP contribution in [0.15, 0.2) is 36.7 Å². The van der Waals surface area contributed by atoms with Crippen molar-refractivity contribution in [2.75, 3.05) is 5.32 Å². The molecule has 0 bridgehead atoms. The maximum atomic E-state index is 12.3. The van der Waals surface area contributed by atoms with Gasteiger partial charge in [-0.25, -0.2) is 0 Å². The predicted molar refractivity (Wildman–Crippen MR) is 108 cm³/mol. The molecule has 0 radical (unpaired) electrons. The van der Waals surface area contributed by atoms with E-state index in [-0.39, 0.29) is 5.91 Å². The average Bonchev–Trinajstić information content (AvgIpc) is 3.14. The molecule has 27 heavy (non-hydrogen) atoms. The van der Waals surface area contributed by atoms with E-state index in [0.717, 1.165) is 22.5 Å². The molecule has 2 heterocycles. The summed E-state index contributed by atoms with van der Waals surface area (Å²) in [5, 5.41) is 12.6. The Kier molecular flexibility index (Phi) is 5.68. The third-order valence-corrected chi connectivity index (χ3v) is 4.86. The van der Waals surface area contributed by atoms with Crippen LogP contribution >= 0.6 is 23.2 Å². The monoisotopic (exact) mass is 403 g/mol. The van der Waals surface area contributed by atoms with E-state index >= 15 is 0 Å². The highest BCUT2D eigenvalue weighted by Gasteiger charge is 2.15. The molecule has 0 unspecified atom stereocenters. The predicted octanol–water partition coefficient (Wildman–Crippen LogP) is 4.24. The lowest BCUT2D eigenvalue weighted by atomic mass is 10.2. The largest absolute Gasteiger partial charge is 0.319 e. The Balaban J connectivity index is 1.77. The van der Waals surface area contributed by atoms with E-state index in [2.05, 4.69) is 15.5 Å². The first-order valence-electron chi connectivity index (χ1n) is 8.29. The molecular weight excluding hydrogens is 385 g/mol. The topological polar surface area (TPSA) is 64.7 Å². The van der Waals surface area contributed by atoms with Crippen LogP contribution in [0.25, 0.3) is 6.08 Å². The van der Waals surface area contributed by atoms with Crippen molar-refractivity contribution in [1.29, 1.82) is 0 Å². The van der Waals surface area contributed by atoms with Crippen molar-refractivity contribution in [3.05, 3.63) is 69.2 Å². The molecule has 0 saturated heterocycles. The van der Waals surface area contributed by atoms with Crippen LogP contribution in [-0.4, -0.2) is 25.5 Å². The number of nitrogens with zero attached hydrogens (tertiary/aromatic N) is 4. The number of nitrogens with one attached hydrogen (secondary N) is 1. The Morgan fingerprint density at radius 2 is 1.96 bits per heavy atom. The summed E-state index contributed by atoms with van der Waals surface area (Å²) in [5.74, 6) is -0.236. The summed E-state index contributed by atoms with van der Waals surface area (Å²) in [5.41, 5.74) is 3.87. The minimum atomic E-state index is -0.236. The van der Waals surface area contributed by atoms with Crippen LogP contribution in [0.3, 0.4) is 0 Å². The molecule has 0 spiro atoms. The van der Waals surface area contributed by atoms with Crippen molar-refractivity contribution in [2.24, 2.45) is 7.05 Å². The Morgan fingerprint density at radius 1 is 1.26 bits per heavy atom. The van der Waals surface area contributed by atoms with Crippen LogP contribution in [-0.2, 0) is 18.4 Å². The Hall–Kier alpha value is -2.57. The molecule has 1 amide bonds. The summed E-state index contributed by atoms with van der Waals surface area (Å²) in [7, 11) is 1.82. The molecule has 1 aromatic carbocycles. The van der Waals surface area contributed by atoms with E-state index in [1.807, 2.05) is 27.1 Å². The number of anilines is 1. The van der Waals surface area contributed by atoms with Gasteiger partial charge in [0.05, 0.1) is 29.8 Å². The smallest absolute Gasteiger partial charge is 0.248 e. The van der Waals surface area contributed by atoms with Gasteiger partial charge in [0.2, 0.25) is 5.91 Å². The molecule has 2 aromatic heterocycles. The van der Waals surface area contributed by atoms with Gasteiger partial charge in [0.25, 0.3) is 0 Å². The zero-order chi connectivity index (χ0) is 19.6. The fourth-order valence-corrected chi connectivity index (χ4v) is 3.24. The highest BCUT2D eigenvalue weighted by Crippen LogP contribution is 2.27. The number of benzene rings is 1. The molecule has 140 valence electrons. The first kappa shape index (κ1) is 19.2. The van der Waals surface area contributed by atoms with Gasteiger partial charge in [0, 0.05) is 40.5 Å². The number of carbonyl (C=O) groups excluding carboxylic acids is 1. The third-order valence-electron chi connectivity index (χ3n) is 4.15. The zero-order valence-electron chi connectivity index (χ0n) is 15.2. The lowest BCUT2D eigenvalue weighted by Crippen LogP contribution is -2.10. The van der Waals surface area contributed by atoms with Gasteiger partial charge in [-0.15, -0.1) is 0 Å². The summed E-state index contributed by atoms with van der Waals surface area (Å²) < 4.78 is 3.46. The van der Waals surface area contributed by atoms with Gasteiger partial charge in [-0.2, -0.15) is 10.2 Å². The Morgan fingerprint density at radius 3 is 2.59 bits per heavy atom. The Bertz CT molecular complexity index is 999. The van der Waals surface area contributed by atoms with Gasteiger partial charge in [-0.3, -0.25) is 14.2 Å². The number of rotatable bonds is 5. The van der Waals surface area contributed by atoms with E-state index < -0.39 is 0 Å². The lowest BCUT2D eigenvalue weighted by molar-refractivity contribution is -0.111. The van der Waals surface area contributed by atoms with Gasteiger partial charge in [0.1, 0.15) is 0 Å². The normalized spacial score (nSPS) is 11.3. The van der Waals surface area contributed by atoms with Crippen LogP contribution in [0.5, 0.6) is 0 Å². The fourth-order valence-electron chi connectivity index (χ4n) is 2.73. The molecule has 0 atom stereocenters. The van der Waals surface area contributed by atoms with Crippen molar-refractivity contribution < 1.29 is 4.79 Å². The number of aryl methyl sites for hydroxylation is 2. The number of aromatic nitrogens is 4. The molecule has 3 aromatic rings. The van der Waals surface area contributed by atoms with Crippen LogP contribution in [0, 0.1) is 13.8 Å². The number of amides is 1. The number of carbonyl (C=O) groups is 1. The summed E-state index contributed by atoms with van der Waals surface area (Å²) in [6.45, 7) is 4.16. The van der Waals surface area contributed by atoms with E-state index in [1.54, 1.807) is 39.8 Å². The second-order valence-corrected chi connectivity index (χ2v) is 6.99. The van der Waals surface area contributed by atoms with Gasteiger partial charge >= 0.3 is 0 Å². The first-order valence-corrected chi connectivity index (χ1v) is 9.05. The molecule has 0 aliphatic rings. The van der Waals surface area contributed by atoms with Gasteiger partial charge in [0.15, 0.2) is 0 Å². The van der Waals surface area contributed by atoms with E-state index in [4.69, 9.17) is 23.2 Å². The van der Waals surface area contributed by atoms with Crippen LogP contribution in [0.2, 0.25) is 10.0 Å². The molecule has 6 nitrogen and oxygen atoms in total. The van der Waals surface area contributed by atoms with Crippen molar-refractivity contribution in [3.8, 4) is 0 Å². The molecule has 8 heteroatoms. The molecule has 0 fully saturated rings. The van der Waals surface area contributed by atoms with Crippen molar-refractivity contribution in [1.82, 2.24) is 19.6 Å². The maximum Gasteiger partial charge on any atom is 0.248 e. The summed E-state index contributed by atoms with van der Waals surface area (Å²) >= 11 is 12.5. The summed E-state index contributed by atoms with van der Waals surface area (Å²) in [6, 6.07) is 5.39. The van der Waals surface area contributed by atoms with E-state index in [1.165, 1.54) is 6.08 Å². The zero-order valence-corrected chi connectivity index (χ0v) is 16.7. The minimum Gasteiger partial charge on any atom is -0.319 e. The minimum absolute atomic E-state index is 0.236. The van der Waals surface area contributed by atoms with Crippen molar-refractivity contribution >= 4 is 40.9 Å². The van der Waals surface area contributed by atoms with Gasteiger partial charge in [-0.05, 0) is 32.1 Å². The highest BCUT2D eigenvalue weighted by atomic mass is 35.5. The second kappa shape index (κ2) is 7.98. The first-order chi connectivity index (χ1) is 12.8.